The number of methoxy groups -OCH3 is 1. The maximum absolute atomic E-state index is 12.2. The fraction of sp³-hybridized carbons (Fsp3) is 0.650. The van der Waals surface area contributed by atoms with Crippen molar-refractivity contribution in [2.45, 2.75) is 45.3 Å². The van der Waals surface area contributed by atoms with Crippen molar-refractivity contribution in [1.82, 2.24) is 15.1 Å². The Balaban J connectivity index is 1.60. The van der Waals surface area contributed by atoms with Crippen LogP contribution in [0.25, 0.3) is 0 Å². The van der Waals surface area contributed by atoms with Crippen LogP contribution in [0, 0.1) is 0 Å². The number of likely N-dealkylation sites (tertiary alicyclic amines) is 1. The van der Waals surface area contributed by atoms with Crippen molar-refractivity contribution in [1.29, 1.82) is 0 Å². The first-order valence-corrected chi connectivity index (χ1v) is 9.61. The van der Waals surface area contributed by atoms with Gasteiger partial charge in [0.25, 0.3) is 5.91 Å². The number of ether oxygens (including phenoxy) is 2. The fourth-order valence-electron chi connectivity index (χ4n) is 3.68. The first kappa shape index (κ1) is 19.0. The van der Waals surface area contributed by atoms with E-state index < -0.39 is 0 Å². The predicted molar refractivity (Wildman–Crippen MR) is 102 cm³/mol. The average molecular weight is 361 g/mol. The summed E-state index contributed by atoms with van der Waals surface area (Å²) >= 11 is 0. The van der Waals surface area contributed by atoms with Gasteiger partial charge in [-0.2, -0.15) is 0 Å². The van der Waals surface area contributed by atoms with Crippen molar-refractivity contribution in [2.24, 2.45) is 0 Å². The molecule has 3 rings (SSSR count). The highest BCUT2D eigenvalue weighted by atomic mass is 16.5. The van der Waals surface area contributed by atoms with Gasteiger partial charge in [0.2, 0.25) is 0 Å². The molecule has 144 valence electrons. The van der Waals surface area contributed by atoms with Crippen molar-refractivity contribution in [3.8, 4) is 11.5 Å². The summed E-state index contributed by atoms with van der Waals surface area (Å²) in [6.07, 6.45) is 2.18. The SMILES string of the molecule is COc1cc(CN2CC(C)NCC2C)ccc1OCC(=O)N1CCCC1. The maximum atomic E-state index is 12.2. The summed E-state index contributed by atoms with van der Waals surface area (Å²) in [4.78, 5) is 16.5. The zero-order valence-electron chi connectivity index (χ0n) is 16.2. The van der Waals surface area contributed by atoms with Crippen molar-refractivity contribution >= 4 is 5.91 Å². The monoisotopic (exact) mass is 361 g/mol. The molecule has 2 unspecified atom stereocenters. The lowest BCUT2D eigenvalue weighted by Crippen LogP contribution is -2.53. The van der Waals surface area contributed by atoms with Crippen LogP contribution in [0.5, 0.6) is 11.5 Å². The van der Waals surface area contributed by atoms with Gasteiger partial charge in [0.05, 0.1) is 7.11 Å². The van der Waals surface area contributed by atoms with E-state index in [0.717, 1.165) is 45.6 Å². The molecule has 6 heteroatoms. The van der Waals surface area contributed by atoms with Gasteiger partial charge in [-0.25, -0.2) is 0 Å². The van der Waals surface area contributed by atoms with E-state index in [1.54, 1.807) is 7.11 Å². The Bertz CT molecular complexity index is 616. The number of nitrogens with one attached hydrogen (secondary N) is 1. The van der Waals surface area contributed by atoms with Crippen LogP contribution in [0.15, 0.2) is 18.2 Å². The largest absolute Gasteiger partial charge is 0.493 e. The molecule has 1 amide bonds. The van der Waals surface area contributed by atoms with Crippen molar-refractivity contribution in [3.63, 3.8) is 0 Å². The Morgan fingerprint density at radius 1 is 1.23 bits per heavy atom. The van der Waals surface area contributed by atoms with Crippen molar-refractivity contribution in [3.05, 3.63) is 23.8 Å². The second-order valence-corrected chi connectivity index (χ2v) is 7.45. The Kier molecular flexibility index (Phi) is 6.38. The van der Waals surface area contributed by atoms with Crippen LogP contribution in [-0.2, 0) is 11.3 Å². The number of piperazine rings is 1. The molecule has 0 saturated carbocycles. The molecule has 0 aliphatic carbocycles. The summed E-state index contributed by atoms with van der Waals surface area (Å²) in [6, 6.07) is 7.02. The highest BCUT2D eigenvalue weighted by Gasteiger charge is 2.23. The number of hydrogen-bond acceptors (Lipinski definition) is 5. The average Bonchev–Trinajstić information content (AvgIpc) is 3.18. The number of nitrogens with zero attached hydrogens (tertiary/aromatic N) is 2. The third kappa shape index (κ3) is 4.68. The molecule has 26 heavy (non-hydrogen) atoms. The van der Waals surface area contributed by atoms with Gasteiger partial charge in [0, 0.05) is 44.8 Å². The number of rotatable bonds is 6. The highest BCUT2D eigenvalue weighted by Crippen LogP contribution is 2.29. The van der Waals surface area contributed by atoms with E-state index in [1.807, 2.05) is 17.0 Å². The lowest BCUT2D eigenvalue weighted by Gasteiger charge is -2.37. The van der Waals surface area contributed by atoms with Crippen LogP contribution in [0.4, 0.5) is 0 Å². The van der Waals surface area contributed by atoms with Crippen LogP contribution in [0.2, 0.25) is 0 Å². The minimum absolute atomic E-state index is 0.0530. The maximum Gasteiger partial charge on any atom is 0.260 e. The molecule has 0 spiro atoms. The summed E-state index contributed by atoms with van der Waals surface area (Å²) in [5.74, 6) is 1.37. The molecule has 0 aromatic heterocycles. The zero-order chi connectivity index (χ0) is 18.5. The summed E-state index contributed by atoms with van der Waals surface area (Å²) in [6.45, 7) is 9.16. The third-order valence-electron chi connectivity index (χ3n) is 5.32. The van der Waals surface area contributed by atoms with E-state index in [0.29, 0.717) is 23.6 Å². The lowest BCUT2D eigenvalue weighted by atomic mass is 10.1. The molecule has 1 N–H and O–H groups in total. The topological polar surface area (TPSA) is 54.0 Å². The van der Waals surface area contributed by atoms with Gasteiger partial charge in [0.1, 0.15) is 0 Å². The summed E-state index contributed by atoms with van der Waals surface area (Å²) in [5, 5.41) is 3.51. The standard InChI is InChI=1S/C20H31N3O3/c1-15-12-23(16(2)11-21-15)13-17-6-7-18(19(10-17)25-3)26-14-20(24)22-8-4-5-9-22/h6-7,10,15-16,21H,4-5,8-9,11-14H2,1-3H3. The number of amides is 1. The van der Waals surface area contributed by atoms with E-state index in [1.165, 1.54) is 5.56 Å². The van der Waals surface area contributed by atoms with Crippen LogP contribution in [-0.4, -0.2) is 67.7 Å². The smallest absolute Gasteiger partial charge is 0.260 e. The molecule has 0 bridgehead atoms. The molecule has 2 aliphatic rings. The third-order valence-corrected chi connectivity index (χ3v) is 5.32. The predicted octanol–water partition coefficient (Wildman–Crippen LogP) is 1.88. The number of carbonyl (C=O) groups is 1. The summed E-state index contributed by atoms with van der Waals surface area (Å²) < 4.78 is 11.2. The minimum atomic E-state index is 0.0530. The molecule has 1 aromatic rings. The Labute approximate surface area is 156 Å². The van der Waals surface area contributed by atoms with E-state index in [9.17, 15) is 4.79 Å². The van der Waals surface area contributed by atoms with Crippen LogP contribution in [0.3, 0.4) is 0 Å². The van der Waals surface area contributed by atoms with E-state index >= 15 is 0 Å². The van der Waals surface area contributed by atoms with E-state index in [-0.39, 0.29) is 12.5 Å². The van der Waals surface area contributed by atoms with Gasteiger partial charge in [-0.15, -0.1) is 0 Å². The minimum Gasteiger partial charge on any atom is -0.493 e. The van der Waals surface area contributed by atoms with Gasteiger partial charge < -0.3 is 19.7 Å². The van der Waals surface area contributed by atoms with Crippen molar-refractivity contribution in [2.75, 3.05) is 39.9 Å². The summed E-state index contributed by atoms with van der Waals surface area (Å²) in [7, 11) is 1.64. The first-order chi connectivity index (χ1) is 12.6. The molecular formula is C20H31N3O3. The van der Waals surface area contributed by atoms with Gasteiger partial charge in [0.15, 0.2) is 18.1 Å². The quantitative estimate of drug-likeness (QED) is 0.838. The lowest BCUT2D eigenvalue weighted by molar-refractivity contribution is -0.132. The molecule has 2 saturated heterocycles. The van der Waals surface area contributed by atoms with Gasteiger partial charge in [-0.05, 0) is 44.4 Å². The number of carbonyl (C=O) groups excluding carboxylic acids is 1. The van der Waals surface area contributed by atoms with Gasteiger partial charge in [-0.3, -0.25) is 9.69 Å². The van der Waals surface area contributed by atoms with Gasteiger partial charge in [-0.1, -0.05) is 6.07 Å². The zero-order valence-corrected chi connectivity index (χ0v) is 16.2. The molecule has 2 heterocycles. The number of benzene rings is 1. The fourth-order valence-corrected chi connectivity index (χ4v) is 3.68. The Morgan fingerprint density at radius 2 is 2.00 bits per heavy atom. The Hall–Kier alpha value is -1.79. The molecule has 1 aromatic carbocycles. The second-order valence-electron chi connectivity index (χ2n) is 7.45. The Morgan fingerprint density at radius 3 is 2.73 bits per heavy atom. The van der Waals surface area contributed by atoms with Crippen LogP contribution >= 0.6 is 0 Å². The normalized spacial score (nSPS) is 23.9. The van der Waals surface area contributed by atoms with Crippen LogP contribution in [0.1, 0.15) is 32.3 Å². The van der Waals surface area contributed by atoms with E-state index in [4.69, 9.17) is 9.47 Å². The molecule has 2 atom stereocenters. The molecule has 2 fully saturated rings. The number of hydrogen-bond donors (Lipinski definition) is 1. The molecule has 6 nitrogen and oxygen atoms in total. The first-order valence-electron chi connectivity index (χ1n) is 9.61. The molecule has 2 aliphatic heterocycles. The molecule has 0 radical (unpaired) electrons. The second kappa shape index (κ2) is 8.73. The van der Waals surface area contributed by atoms with E-state index in [2.05, 4.69) is 30.1 Å². The summed E-state index contributed by atoms with van der Waals surface area (Å²) in [5.41, 5.74) is 1.20. The van der Waals surface area contributed by atoms with Crippen LogP contribution < -0.4 is 14.8 Å². The molecular weight excluding hydrogens is 330 g/mol. The van der Waals surface area contributed by atoms with Gasteiger partial charge >= 0.3 is 0 Å². The highest BCUT2D eigenvalue weighted by molar-refractivity contribution is 5.78. The van der Waals surface area contributed by atoms with Crippen molar-refractivity contribution < 1.29 is 14.3 Å².